The lowest BCUT2D eigenvalue weighted by Crippen LogP contribution is -2.61. The predicted molar refractivity (Wildman–Crippen MR) is 115 cm³/mol. The largest absolute Gasteiger partial charge is 0.445 e. The van der Waals surface area contributed by atoms with Crippen LogP contribution in [-0.4, -0.2) is 17.7 Å². The highest BCUT2D eigenvalue weighted by Gasteiger charge is 2.74. The van der Waals surface area contributed by atoms with Crippen molar-refractivity contribution in [1.29, 1.82) is 0 Å². The van der Waals surface area contributed by atoms with E-state index in [1.165, 1.54) is 6.92 Å². The topological polar surface area (TPSA) is 81.7 Å². The normalized spacial score (nSPS) is 23.6. The van der Waals surface area contributed by atoms with Crippen molar-refractivity contribution in [3.63, 3.8) is 0 Å². The van der Waals surface area contributed by atoms with Gasteiger partial charge < -0.3 is 14.8 Å². The zero-order valence-corrected chi connectivity index (χ0v) is 18.7. The van der Waals surface area contributed by atoms with Gasteiger partial charge in [0.2, 0.25) is 17.2 Å². The van der Waals surface area contributed by atoms with Gasteiger partial charge in [-0.3, -0.25) is 14.4 Å². The number of fused-ring (bicyclic) bond motifs is 5. The zero-order chi connectivity index (χ0) is 22.8. The molecule has 0 saturated carbocycles. The minimum atomic E-state index is -1.82. The van der Waals surface area contributed by atoms with Crippen LogP contribution in [0.15, 0.2) is 42.5 Å². The summed E-state index contributed by atoms with van der Waals surface area (Å²) in [5, 5.41) is 2.83. The van der Waals surface area contributed by atoms with Crippen LogP contribution < -0.4 is 10.1 Å². The molecule has 1 N–H and O–H groups in total. The average molecular weight is 421 g/mol. The fraction of sp³-hybridized carbons (Fsp3) is 0.400. The van der Waals surface area contributed by atoms with E-state index in [2.05, 4.69) is 19.2 Å². The Morgan fingerprint density at radius 3 is 2.35 bits per heavy atom. The quantitative estimate of drug-likeness (QED) is 0.752. The molecule has 2 aromatic carbocycles. The van der Waals surface area contributed by atoms with Gasteiger partial charge in [-0.2, -0.15) is 0 Å². The summed E-state index contributed by atoms with van der Waals surface area (Å²) < 4.78 is 12.5. The van der Waals surface area contributed by atoms with Crippen molar-refractivity contribution in [2.45, 2.75) is 58.8 Å². The maximum absolute atomic E-state index is 13.9. The van der Waals surface area contributed by atoms with E-state index in [0.29, 0.717) is 22.4 Å². The van der Waals surface area contributed by atoms with Gasteiger partial charge in [-0.25, -0.2) is 0 Å². The molecule has 2 unspecified atom stereocenters. The number of ether oxygens (including phenoxy) is 2. The molecule has 162 valence electrons. The Morgan fingerprint density at radius 2 is 1.74 bits per heavy atom. The smallest absolute Gasteiger partial charge is 0.317 e. The third-order valence-corrected chi connectivity index (χ3v) is 5.90. The summed E-state index contributed by atoms with van der Waals surface area (Å²) in [4.78, 5) is 39.4. The van der Waals surface area contributed by atoms with Crippen molar-refractivity contribution in [3.8, 4) is 5.75 Å². The number of hydrogen-bond donors (Lipinski definition) is 1. The van der Waals surface area contributed by atoms with Gasteiger partial charge in [0.05, 0.1) is 11.0 Å². The van der Waals surface area contributed by atoms with Crippen LogP contribution in [0.4, 0.5) is 0 Å². The second-order valence-electron chi connectivity index (χ2n) is 9.57. The van der Waals surface area contributed by atoms with Gasteiger partial charge >= 0.3 is 11.8 Å². The number of esters is 1. The van der Waals surface area contributed by atoms with Crippen LogP contribution in [0.1, 0.15) is 74.5 Å². The fourth-order valence-electron chi connectivity index (χ4n) is 4.31. The van der Waals surface area contributed by atoms with Crippen molar-refractivity contribution < 1.29 is 23.9 Å². The van der Waals surface area contributed by atoms with Crippen LogP contribution in [-0.2, 0) is 25.7 Å². The number of ketones is 1. The number of carbonyl (C=O) groups is 3. The molecule has 0 aromatic heterocycles. The third-order valence-electron chi connectivity index (χ3n) is 5.90. The monoisotopic (exact) mass is 421 g/mol. The van der Waals surface area contributed by atoms with Crippen LogP contribution in [0, 0.1) is 5.41 Å². The van der Waals surface area contributed by atoms with E-state index in [-0.39, 0.29) is 11.7 Å². The number of Topliss-reactive ketones (excluding diaryl/α,β-unsaturated/α-hetero) is 1. The number of benzene rings is 2. The number of carbonyl (C=O) groups excluding carboxylic acids is 3. The van der Waals surface area contributed by atoms with E-state index < -0.39 is 28.6 Å². The molecule has 31 heavy (non-hydrogen) atoms. The minimum Gasteiger partial charge on any atom is -0.445 e. The summed E-state index contributed by atoms with van der Waals surface area (Å²) in [7, 11) is 0. The number of nitrogens with one attached hydrogen (secondary N) is 1. The van der Waals surface area contributed by atoms with E-state index in [9.17, 15) is 14.4 Å². The molecule has 0 spiro atoms. The predicted octanol–water partition coefficient (Wildman–Crippen LogP) is 4.17. The van der Waals surface area contributed by atoms with Crippen LogP contribution >= 0.6 is 0 Å². The Balaban J connectivity index is 2.04. The van der Waals surface area contributed by atoms with Crippen molar-refractivity contribution in [2.24, 2.45) is 5.41 Å². The second kappa shape index (κ2) is 6.67. The summed E-state index contributed by atoms with van der Waals surface area (Å²) in [6, 6.07) is 12.4. The Morgan fingerprint density at radius 1 is 1.06 bits per heavy atom. The maximum atomic E-state index is 13.9. The van der Waals surface area contributed by atoms with Gasteiger partial charge in [-0.15, -0.1) is 0 Å². The standard InChI is InChI=1S/C25H27NO5/c1-14(2)16-11-12-19-20(13-16)30-25(31-22(29)23(4,5)6)18-10-8-7-9-17(18)21(28)24(19,25)26-15(3)27/h7-14H,1-6H3,(H,26,27). The van der Waals surface area contributed by atoms with Gasteiger partial charge in [0.15, 0.2) is 0 Å². The van der Waals surface area contributed by atoms with Crippen LogP contribution in [0.2, 0.25) is 0 Å². The lowest BCUT2D eigenvalue weighted by Gasteiger charge is -2.38. The molecule has 0 saturated heterocycles. The molecule has 6 nitrogen and oxygen atoms in total. The second-order valence-corrected chi connectivity index (χ2v) is 9.57. The number of rotatable bonds is 3. The van der Waals surface area contributed by atoms with E-state index in [1.54, 1.807) is 51.1 Å². The summed E-state index contributed by atoms with van der Waals surface area (Å²) in [6.07, 6.45) is 0. The zero-order valence-electron chi connectivity index (χ0n) is 18.7. The first kappa shape index (κ1) is 21.1. The molecule has 4 rings (SSSR count). The highest BCUT2D eigenvalue weighted by molar-refractivity contribution is 6.12. The van der Waals surface area contributed by atoms with E-state index >= 15 is 0 Å². The Labute approximate surface area is 181 Å². The van der Waals surface area contributed by atoms with Crippen molar-refractivity contribution in [2.75, 3.05) is 0 Å². The molecule has 1 heterocycles. The van der Waals surface area contributed by atoms with Gasteiger partial charge in [0, 0.05) is 18.1 Å². The van der Waals surface area contributed by atoms with Crippen LogP contribution in [0.5, 0.6) is 5.75 Å². The molecule has 2 aliphatic rings. The minimum absolute atomic E-state index is 0.224. The van der Waals surface area contributed by atoms with E-state index in [0.717, 1.165) is 5.56 Å². The van der Waals surface area contributed by atoms with Gasteiger partial charge in [-0.05, 0) is 38.3 Å². The molecule has 6 heteroatoms. The van der Waals surface area contributed by atoms with Crippen molar-refractivity contribution in [1.82, 2.24) is 5.32 Å². The first-order valence-corrected chi connectivity index (χ1v) is 10.4. The number of amides is 1. The van der Waals surface area contributed by atoms with Gasteiger partial charge in [-0.1, -0.05) is 50.2 Å². The number of hydrogen-bond acceptors (Lipinski definition) is 5. The Hall–Kier alpha value is -3.15. The highest BCUT2D eigenvalue weighted by atomic mass is 16.7. The highest BCUT2D eigenvalue weighted by Crippen LogP contribution is 2.60. The summed E-state index contributed by atoms with van der Waals surface area (Å²) in [6.45, 7) is 10.6. The SMILES string of the molecule is CC(=O)NC12C(=O)c3ccccc3C1(OC(=O)C(C)(C)C)Oc1cc(C(C)C)ccc12. The maximum Gasteiger partial charge on any atom is 0.317 e. The molecule has 2 atom stereocenters. The van der Waals surface area contributed by atoms with Gasteiger partial charge in [0.1, 0.15) is 5.75 Å². The molecule has 2 aromatic rings. The molecular weight excluding hydrogens is 394 g/mol. The molecule has 0 bridgehead atoms. The van der Waals surface area contributed by atoms with Crippen molar-refractivity contribution in [3.05, 3.63) is 64.7 Å². The van der Waals surface area contributed by atoms with Crippen LogP contribution in [0.3, 0.4) is 0 Å². The average Bonchev–Trinajstić information content (AvgIpc) is 3.05. The molecule has 0 radical (unpaired) electrons. The molecule has 1 aliphatic carbocycles. The Bertz CT molecular complexity index is 1110. The molecule has 0 fully saturated rings. The summed E-state index contributed by atoms with van der Waals surface area (Å²) >= 11 is 0. The first-order valence-electron chi connectivity index (χ1n) is 10.4. The molecule has 1 aliphatic heterocycles. The Kier molecular flexibility index (Phi) is 4.54. The first-order chi connectivity index (χ1) is 14.4. The molecule has 1 amide bonds. The molecular formula is C25H27NO5. The lowest BCUT2D eigenvalue weighted by atomic mass is 9.81. The van der Waals surface area contributed by atoms with Gasteiger partial charge in [0.25, 0.3) is 0 Å². The summed E-state index contributed by atoms with van der Waals surface area (Å²) in [5.41, 5.74) is -0.276. The van der Waals surface area contributed by atoms with E-state index in [1.807, 2.05) is 12.1 Å². The van der Waals surface area contributed by atoms with E-state index in [4.69, 9.17) is 9.47 Å². The third kappa shape index (κ3) is 2.81. The summed E-state index contributed by atoms with van der Waals surface area (Å²) in [5.74, 6) is -2.51. The lowest BCUT2D eigenvalue weighted by molar-refractivity contribution is -0.224. The fourth-order valence-corrected chi connectivity index (χ4v) is 4.31. The van der Waals surface area contributed by atoms with Crippen molar-refractivity contribution >= 4 is 17.7 Å². The van der Waals surface area contributed by atoms with Crippen LogP contribution in [0.25, 0.3) is 0 Å².